The van der Waals surface area contributed by atoms with Crippen LogP contribution in [0.15, 0.2) is 60.2 Å². The van der Waals surface area contributed by atoms with E-state index in [-0.39, 0.29) is 24.0 Å². The summed E-state index contributed by atoms with van der Waals surface area (Å²) in [6.07, 6.45) is 1.55. The fourth-order valence-corrected chi connectivity index (χ4v) is 3.82. The molecule has 2 saturated heterocycles. The Kier molecular flexibility index (Phi) is 4.96. The highest BCUT2D eigenvalue weighted by Crippen LogP contribution is 2.40. The monoisotopic (exact) mass is 381 g/mol. The van der Waals surface area contributed by atoms with Gasteiger partial charge >= 0.3 is 0 Å². The third-order valence-electron chi connectivity index (χ3n) is 5.20. The second-order valence-corrected chi connectivity index (χ2v) is 7.00. The fourth-order valence-electron chi connectivity index (χ4n) is 3.82. The molecular weight excluding hydrogens is 361 g/mol. The van der Waals surface area contributed by atoms with E-state index in [1.165, 1.54) is 29.2 Å². The zero-order chi connectivity index (χ0) is 19.7. The Balaban J connectivity index is 1.81. The lowest BCUT2D eigenvalue weighted by atomic mass is 9.95. The van der Waals surface area contributed by atoms with E-state index in [0.29, 0.717) is 17.7 Å². The average Bonchev–Trinajstić information content (AvgIpc) is 3.31. The lowest BCUT2D eigenvalue weighted by Crippen LogP contribution is -2.36. The SMILES string of the molecule is O=C1C(=O)N(CC2CCCO2)C(c2ccc(F)cc2)/C1=C(/O)c1ccccc1. The van der Waals surface area contributed by atoms with Gasteiger partial charge in [0.1, 0.15) is 11.6 Å². The first-order valence-electron chi connectivity index (χ1n) is 9.27. The number of likely N-dealkylation sites (tertiary alicyclic amines) is 1. The number of aliphatic hydroxyl groups excluding tert-OH is 1. The Bertz CT molecular complexity index is 917. The van der Waals surface area contributed by atoms with Gasteiger partial charge in [0, 0.05) is 18.7 Å². The minimum Gasteiger partial charge on any atom is -0.507 e. The molecule has 2 fully saturated rings. The molecular formula is C22H20FNO4. The Hall–Kier alpha value is -2.99. The van der Waals surface area contributed by atoms with Gasteiger partial charge in [-0.15, -0.1) is 0 Å². The molecule has 2 aromatic rings. The van der Waals surface area contributed by atoms with E-state index in [1.54, 1.807) is 30.3 Å². The Morgan fingerprint density at radius 2 is 1.82 bits per heavy atom. The van der Waals surface area contributed by atoms with Crippen LogP contribution in [-0.4, -0.2) is 41.0 Å². The number of nitrogens with zero attached hydrogens (tertiary/aromatic N) is 1. The van der Waals surface area contributed by atoms with Crippen LogP contribution in [0.5, 0.6) is 0 Å². The number of amides is 1. The number of carbonyl (C=O) groups is 2. The molecule has 4 rings (SSSR count). The maximum Gasteiger partial charge on any atom is 0.295 e. The molecule has 28 heavy (non-hydrogen) atoms. The van der Waals surface area contributed by atoms with Gasteiger partial charge in [-0.1, -0.05) is 42.5 Å². The number of hydrogen-bond acceptors (Lipinski definition) is 4. The molecule has 2 aliphatic rings. The van der Waals surface area contributed by atoms with Crippen molar-refractivity contribution in [3.05, 3.63) is 77.1 Å². The lowest BCUT2D eigenvalue weighted by Gasteiger charge is -2.27. The van der Waals surface area contributed by atoms with E-state index in [9.17, 15) is 19.1 Å². The number of aliphatic hydroxyl groups is 1. The largest absolute Gasteiger partial charge is 0.507 e. The molecule has 0 saturated carbocycles. The highest BCUT2D eigenvalue weighted by molar-refractivity contribution is 6.46. The number of Topliss-reactive ketones (excluding diaryl/α,β-unsaturated/α-hetero) is 1. The first-order chi connectivity index (χ1) is 13.6. The molecule has 6 heteroatoms. The maximum atomic E-state index is 13.4. The molecule has 0 bridgehead atoms. The quantitative estimate of drug-likeness (QED) is 0.501. The van der Waals surface area contributed by atoms with Gasteiger partial charge in [0.15, 0.2) is 0 Å². The van der Waals surface area contributed by atoms with Gasteiger partial charge in [0.25, 0.3) is 11.7 Å². The van der Waals surface area contributed by atoms with Crippen molar-refractivity contribution in [2.45, 2.75) is 25.0 Å². The van der Waals surface area contributed by atoms with Crippen molar-refractivity contribution in [3.63, 3.8) is 0 Å². The van der Waals surface area contributed by atoms with E-state index < -0.39 is 23.5 Å². The van der Waals surface area contributed by atoms with Crippen LogP contribution in [0.1, 0.15) is 30.0 Å². The molecule has 0 spiro atoms. The summed E-state index contributed by atoms with van der Waals surface area (Å²) in [5, 5.41) is 10.8. The summed E-state index contributed by atoms with van der Waals surface area (Å²) in [6.45, 7) is 0.873. The molecule has 1 amide bonds. The number of benzene rings is 2. The van der Waals surface area contributed by atoms with Crippen molar-refractivity contribution >= 4 is 17.4 Å². The second kappa shape index (κ2) is 7.56. The summed E-state index contributed by atoms with van der Waals surface area (Å²) in [7, 11) is 0. The van der Waals surface area contributed by atoms with E-state index in [0.717, 1.165) is 12.8 Å². The van der Waals surface area contributed by atoms with Gasteiger partial charge in [-0.25, -0.2) is 4.39 Å². The summed E-state index contributed by atoms with van der Waals surface area (Å²) in [5.41, 5.74) is 1.03. The van der Waals surface area contributed by atoms with Gasteiger partial charge in [0.05, 0.1) is 17.7 Å². The summed E-state index contributed by atoms with van der Waals surface area (Å²) >= 11 is 0. The van der Waals surface area contributed by atoms with Crippen molar-refractivity contribution < 1.29 is 23.8 Å². The van der Waals surface area contributed by atoms with Gasteiger partial charge < -0.3 is 14.7 Å². The molecule has 0 aromatic heterocycles. The van der Waals surface area contributed by atoms with E-state index in [4.69, 9.17) is 4.74 Å². The van der Waals surface area contributed by atoms with Crippen LogP contribution in [0.25, 0.3) is 5.76 Å². The van der Waals surface area contributed by atoms with Crippen molar-refractivity contribution in [1.82, 2.24) is 4.90 Å². The molecule has 2 aliphatic heterocycles. The Morgan fingerprint density at radius 3 is 2.46 bits per heavy atom. The number of rotatable bonds is 4. The topological polar surface area (TPSA) is 66.8 Å². The van der Waals surface area contributed by atoms with Crippen LogP contribution in [0.3, 0.4) is 0 Å². The smallest absolute Gasteiger partial charge is 0.295 e. The van der Waals surface area contributed by atoms with Crippen molar-refractivity contribution in [2.75, 3.05) is 13.2 Å². The molecule has 2 atom stereocenters. The van der Waals surface area contributed by atoms with E-state index in [1.807, 2.05) is 0 Å². The Morgan fingerprint density at radius 1 is 1.11 bits per heavy atom. The van der Waals surface area contributed by atoms with Crippen LogP contribution in [-0.2, 0) is 14.3 Å². The highest BCUT2D eigenvalue weighted by Gasteiger charge is 2.47. The van der Waals surface area contributed by atoms with Crippen LogP contribution in [0.4, 0.5) is 4.39 Å². The summed E-state index contributed by atoms with van der Waals surface area (Å²) < 4.78 is 19.1. The van der Waals surface area contributed by atoms with E-state index >= 15 is 0 Å². The van der Waals surface area contributed by atoms with E-state index in [2.05, 4.69) is 0 Å². The minimum atomic E-state index is -0.787. The lowest BCUT2D eigenvalue weighted by molar-refractivity contribution is -0.140. The van der Waals surface area contributed by atoms with Crippen LogP contribution >= 0.6 is 0 Å². The molecule has 5 nitrogen and oxygen atoms in total. The summed E-state index contributed by atoms with van der Waals surface area (Å²) in [4.78, 5) is 27.1. The zero-order valence-electron chi connectivity index (χ0n) is 15.2. The van der Waals surface area contributed by atoms with Crippen molar-refractivity contribution in [3.8, 4) is 0 Å². The maximum absolute atomic E-state index is 13.4. The first kappa shape index (κ1) is 18.4. The molecule has 2 aromatic carbocycles. The van der Waals surface area contributed by atoms with Crippen LogP contribution in [0.2, 0.25) is 0 Å². The number of ether oxygens (including phenoxy) is 1. The third kappa shape index (κ3) is 3.31. The summed E-state index contributed by atoms with van der Waals surface area (Å²) in [6, 6.07) is 13.5. The highest BCUT2D eigenvalue weighted by atomic mass is 19.1. The molecule has 1 N–H and O–H groups in total. The second-order valence-electron chi connectivity index (χ2n) is 7.00. The standard InChI is InChI=1S/C22H20FNO4/c23-16-10-8-14(9-11-16)19-18(20(25)15-5-2-1-3-6-15)21(26)22(27)24(19)13-17-7-4-12-28-17/h1-3,5-6,8-11,17,19,25H,4,7,12-13H2/b20-18-. The number of carbonyl (C=O) groups excluding carboxylic acids is 2. The van der Waals surface area contributed by atoms with Gasteiger partial charge in [-0.3, -0.25) is 9.59 Å². The average molecular weight is 381 g/mol. The number of halogens is 1. The predicted octanol–water partition coefficient (Wildman–Crippen LogP) is 3.43. The van der Waals surface area contributed by atoms with Gasteiger partial charge in [0.2, 0.25) is 0 Å². The van der Waals surface area contributed by atoms with Crippen molar-refractivity contribution in [2.24, 2.45) is 0 Å². The van der Waals surface area contributed by atoms with Crippen LogP contribution < -0.4 is 0 Å². The number of hydrogen-bond donors (Lipinski definition) is 1. The zero-order valence-corrected chi connectivity index (χ0v) is 15.2. The summed E-state index contributed by atoms with van der Waals surface area (Å²) in [5.74, 6) is -2.07. The van der Waals surface area contributed by atoms with Gasteiger partial charge in [-0.2, -0.15) is 0 Å². The third-order valence-corrected chi connectivity index (χ3v) is 5.20. The van der Waals surface area contributed by atoms with Crippen molar-refractivity contribution in [1.29, 1.82) is 0 Å². The van der Waals surface area contributed by atoms with Crippen LogP contribution in [0, 0.1) is 5.82 Å². The molecule has 2 unspecified atom stereocenters. The fraction of sp³-hybridized carbons (Fsp3) is 0.273. The molecule has 144 valence electrons. The first-order valence-corrected chi connectivity index (χ1v) is 9.27. The molecule has 2 heterocycles. The predicted molar refractivity (Wildman–Crippen MR) is 101 cm³/mol. The molecule has 0 aliphatic carbocycles. The number of ketones is 1. The molecule has 0 radical (unpaired) electrons. The Labute approximate surface area is 162 Å². The minimum absolute atomic E-state index is 0.0146. The normalized spacial score (nSPS) is 24.1. The van der Waals surface area contributed by atoms with Gasteiger partial charge in [-0.05, 0) is 30.5 Å².